The Bertz CT molecular complexity index is 430. The lowest BCUT2D eigenvalue weighted by atomic mass is 10.1. The normalized spacial score (nSPS) is 24.2. The van der Waals surface area contributed by atoms with Crippen LogP contribution in [0, 0.1) is 0 Å². The number of amides is 2. The zero-order valence-electron chi connectivity index (χ0n) is 10.7. The van der Waals surface area contributed by atoms with Crippen LogP contribution in [0.25, 0.3) is 0 Å². The number of hydrogen-bond donors (Lipinski definition) is 1. The highest BCUT2D eigenvalue weighted by Gasteiger charge is 2.36. The molecule has 98 valence electrons. The van der Waals surface area contributed by atoms with Crippen molar-refractivity contribution in [3.63, 3.8) is 0 Å². The maximum Gasteiger partial charge on any atom is 0.245 e. The quantitative estimate of drug-likeness (QED) is 0.896. The second kappa shape index (κ2) is 5.52. The Hall–Kier alpha value is -1.36. The van der Waals surface area contributed by atoms with Crippen LogP contribution in [0.15, 0.2) is 17.5 Å². The maximum absolute atomic E-state index is 12.2. The molecule has 2 rings (SSSR count). The molecular formula is C13H18N2O2S. The van der Waals surface area contributed by atoms with Crippen molar-refractivity contribution in [2.24, 2.45) is 0 Å². The van der Waals surface area contributed by atoms with Gasteiger partial charge in [-0.1, -0.05) is 13.0 Å². The molecule has 0 radical (unpaired) electrons. The Kier molecular flexibility index (Phi) is 4.01. The Balaban J connectivity index is 2.03. The van der Waals surface area contributed by atoms with Crippen LogP contribution >= 0.6 is 11.3 Å². The van der Waals surface area contributed by atoms with Crippen molar-refractivity contribution in [1.82, 2.24) is 10.2 Å². The van der Waals surface area contributed by atoms with Crippen molar-refractivity contribution in [2.75, 3.05) is 6.54 Å². The smallest absolute Gasteiger partial charge is 0.245 e. The summed E-state index contributed by atoms with van der Waals surface area (Å²) in [6.07, 6.45) is 1.46. The molecular weight excluding hydrogens is 248 g/mol. The van der Waals surface area contributed by atoms with Gasteiger partial charge in [-0.2, -0.15) is 0 Å². The van der Waals surface area contributed by atoms with E-state index in [4.69, 9.17) is 0 Å². The maximum atomic E-state index is 12.2. The predicted molar refractivity (Wildman–Crippen MR) is 71.4 cm³/mol. The SMILES string of the molecule is CCC1NC(=O)C(C)N(CCc2cccs2)C1=O. The van der Waals surface area contributed by atoms with E-state index < -0.39 is 0 Å². The molecule has 1 aliphatic heterocycles. The van der Waals surface area contributed by atoms with Crippen LogP contribution in [0.4, 0.5) is 0 Å². The highest BCUT2D eigenvalue weighted by Crippen LogP contribution is 2.15. The summed E-state index contributed by atoms with van der Waals surface area (Å²) >= 11 is 1.68. The van der Waals surface area contributed by atoms with Crippen molar-refractivity contribution < 1.29 is 9.59 Å². The average molecular weight is 266 g/mol. The molecule has 5 heteroatoms. The van der Waals surface area contributed by atoms with Gasteiger partial charge >= 0.3 is 0 Å². The number of carbonyl (C=O) groups is 2. The van der Waals surface area contributed by atoms with Gasteiger partial charge in [0.15, 0.2) is 0 Å². The lowest BCUT2D eigenvalue weighted by Gasteiger charge is -2.37. The average Bonchev–Trinajstić information content (AvgIpc) is 2.87. The van der Waals surface area contributed by atoms with E-state index in [9.17, 15) is 9.59 Å². The molecule has 4 nitrogen and oxygen atoms in total. The largest absolute Gasteiger partial charge is 0.343 e. The van der Waals surface area contributed by atoms with Crippen LogP contribution < -0.4 is 5.32 Å². The molecule has 0 bridgehead atoms. The standard InChI is InChI=1S/C13H18N2O2S/c1-3-11-13(17)15(9(2)12(16)14-11)7-6-10-5-4-8-18-10/h4-5,8-9,11H,3,6-7H2,1-2H3,(H,14,16). The topological polar surface area (TPSA) is 49.4 Å². The van der Waals surface area contributed by atoms with E-state index in [1.807, 2.05) is 18.4 Å². The van der Waals surface area contributed by atoms with E-state index in [1.165, 1.54) is 4.88 Å². The van der Waals surface area contributed by atoms with E-state index in [-0.39, 0.29) is 23.9 Å². The summed E-state index contributed by atoms with van der Waals surface area (Å²) in [7, 11) is 0. The number of piperazine rings is 1. The summed E-state index contributed by atoms with van der Waals surface area (Å²) in [5.41, 5.74) is 0. The number of carbonyl (C=O) groups excluding carboxylic acids is 2. The molecule has 0 saturated carbocycles. The predicted octanol–water partition coefficient (Wildman–Crippen LogP) is 1.42. The first-order valence-electron chi connectivity index (χ1n) is 6.26. The summed E-state index contributed by atoms with van der Waals surface area (Å²) in [5, 5.41) is 4.79. The number of hydrogen-bond acceptors (Lipinski definition) is 3. The number of thiophene rings is 1. The minimum atomic E-state index is -0.361. The van der Waals surface area contributed by atoms with Gasteiger partial charge < -0.3 is 10.2 Å². The molecule has 2 amide bonds. The third-order valence-corrected chi connectivity index (χ3v) is 4.27. The van der Waals surface area contributed by atoms with Gasteiger partial charge in [0, 0.05) is 11.4 Å². The van der Waals surface area contributed by atoms with Crippen LogP contribution in [0.5, 0.6) is 0 Å². The molecule has 0 aliphatic carbocycles. The van der Waals surface area contributed by atoms with E-state index >= 15 is 0 Å². The van der Waals surface area contributed by atoms with E-state index in [0.29, 0.717) is 13.0 Å². The number of nitrogens with zero attached hydrogens (tertiary/aromatic N) is 1. The molecule has 1 N–H and O–H groups in total. The first kappa shape index (κ1) is 13.1. The number of nitrogens with one attached hydrogen (secondary N) is 1. The van der Waals surface area contributed by atoms with Gasteiger partial charge in [-0.25, -0.2) is 0 Å². The van der Waals surface area contributed by atoms with Gasteiger partial charge in [0.2, 0.25) is 11.8 Å². The van der Waals surface area contributed by atoms with E-state index in [2.05, 4.69) is 11.4 Å². The van der Waals surface area contributed by atoms with Crippen molar-refractivity contribution in [2.45, 2.75) is 38.8 Å². The van der Waals surface area contributed by atoms with Crippen LogP contribution in [-0.4, -0.2) is 35.3 Å². The van der Waals surface area contributed by atoms with Crippen molar-refractivity contribution >= 4 is 23.2 Å². The second-order valence-electron chi connectivity index (χ2n) is 4.51. The minimum absolute atomic E-state index is 0.0427. The monoisotopic (exact) mass is 266 g/mol. The zero-order chi connectivity index (χ0) is 13.1. The van der Waals surface area contributed by atoms with Gasteiger partial charge in [-0.05, 0) is 31.2 Å². The van der Waals surface area contributed by atoms with Gasteiger partial charge in [-0.15, -0.1) is 11.3 Å². The summed E-state index contributed by atoms with van der Waals surface area (Å²) in [6, 6.07) is 3.35. The van der Waals surface area contributed by atoms with Crippen molar-refractivity contribution in [1.29, 1.82) is 0 Å². The Morgan fingerprint density at radius 2 is 2.22 bits per heavy atom. The molecule has 2 heterocycles. The molecule has 18 heavy (non-hydrogen) atoms. The van der Waals surface area contributed by atoms with Crippen LogP contribution in [0.1, 0.15) is 25.1 Å². The highest BCUT2D eigenvalue weighted by atomic mass is 32.1. The molecule has 1 saturated heterocycles. The fourth-order valence-electron chi connectivity index (χ4n) is 2.15. The van der Waals surface area contributed by atoms with Gasteiger partial charge in [0.05, 0.1) is 0 Å². The van der Waals surface area contributed by atoms with Gasteiger partial charge in [0.1, 0.15) is 12.1 Å². The second-order valence-corrected chi connectivity index (χ2v) is 5.54. The van der Waals surface area contributed by atoms with Gasteiger partial charge in [0.25, 0.3) is 0 Å². The Morgan fingerprint density at radius 1 is 1.44 bits per heavy atom. The van der Waals surface area contributed by atoms with Crippen LogP contribution in [-0.2, 0) is 16.0 Å². The van der Waals surface area contributed by atoms with Crippen molar-refractivity contribution in [3.8, 4) is 0 Å². The van der Waals surface area contributed by atoms with E-state index in [0.717, 1.165) is 6.42 Å². The number of rotatable bonds is 4. The molecule has 0 aromatic carbocycles. The van der Waals surface area contributed by atoms with E-state index in [1.54, 1.807) is 23.2 Å². The summed E-state index contributed by atoms with van der Waals surface area (Å²) in [5.74, 6) is -0.00575. The fraction of sp³-hybridized carbons (Fsp3) is 0.538. The summed E-state index contributed by atoms with van der Waals surface area (Å²) < 4.78 is 0. The third kappa shape index (κ3) is 2.56. The first-order chi connectivity index (χ1) is 8.63. The first-order valence-corrected chi connectivity index (χ1v) is 7.14. The third-order valence-electron chi connectivity index (χ3n) is 3.33. The molecule has 2 atom stereocenters. The molecule has 2 unspecified atom stereocenters. The lowest BCUT2D eigenvalue weighted by molar-refractivity contribution is -0.148. The zero-order valence-corrected chi connectivity index (χ0v) is 11.5. The fourth-order valence-corrected chi connectivity index (χ4v) is 2.85. The highest BCUT2D eigenvalue weighted by molar-refractivity contribution is 7.09. The van der Waals surface area contributed by atoms with Crippen molar-refractivity contribution in [3.05, 3.63) is 22.4 Å². The Morgan fingerprint density at radius 3 is 2.83 bits per heavy atom. The van der Waals surface area contributed by atoms with Gasteiger partial charge in [-0.3, -0.25) is 9.59 Å². The Labute approximate surface area is 111 Å². The van der Waals surface area contributed by atoms with Crippen LogP contribution in [0.2, 0.25) is 0 Å². The molecule has 1 aromatic rings. The molecule has 1 aliphatic rings. The molecule has 1 fully saturated rings. The lowest BCUT2D eigenvalue weighted by Crippen LogP contribution is -2.62. The summed E-state index contributed by atoms with van der Waals surface area (Å²) in [4.78, 5) is 26.9. The molecule has 0 spiro atoms. The summed E-state index contributed by atoms with van der Waals surface area (Å²) in [6.45, 7) is 4.31. The molecule has 1 aromatic heterocycles. The van der Waals surface area contributed by atoms with Crippen LogP contribution in [0.3, 0.4) is 0 Å². The minimum Gasteiger partial charge on any atom is -0.343 e.